The lowest BCUT2D eigenvalue weighted by Crippen LogP contribution is -2.47. The Balaban J connectivity index is 2.12. The summed E-state index contributed by atoms with van der Waals surface area (Å²) in [5, 5.41) is 22.5. The maximum absolute atomic E-state index is 12.1. The van der Waals surface area contributed by atoms with Gasteiger partial charge < -0.3 is 10.4 Å². The van der Waals surface area contributed by atoms with Crippen LogP contribution in [0.3, 0.4) is 0 Å². The molecule has 112 valence electrons. The Morgan fingerprint density at radius 3 is 2.57 bits per heavy atom. The van der Waals surface area contributed by atoms with E-state index in [1.807, 2.05) is 22.6 Å². The molecule has 0 bridgehead atoms. The van der Waals surface area contributed by atoms with Crippen molar-refractivity contribution in [2.75, 3.05) is 6.54 Å². The van der Waals surface area contributed by atoms with Gasteiger partial charge in [0, 0.05) is 22.2 Å². The van der Waals surface area contributed by atoms with E-state index in [4.69, 9.17) is 0 Å². The first kappa shape index (κ1) is 15.7. The maximum atomic E-state index is 12.1. The van der Waals surface area contributed by atoms with E-state index in [1.54, 1.807) is 0 Å². The van der Waals surface area contributed by atoms with Crippen LogP contribution in [0.1, 0.15) is 29.6 Å². The van der Waals surface area contributed by atoms with Crippen LogP contribution in [0, 0.1) is 19.1 Å². The molecule has 1 aromatic carbocycles. The Morgan fingerprint density at radius 2 is 2.10 bits per heavy atom. The maximum Gasteiger partial charge on any atom is 0.311 e. The molecule has 0 atom stereocenters. The van der Waals surface area contributed by atoms with Gasteiger partial charge in [0.1, 0.15) is 0 Å². The average Bonchev–Trinajstić information content (AvgIpc) is 2.36. The topological polar surface area (TPSA) is 110 Å². The predicted molar refractivity (Wildman–Crippen MR) is 82.1 cm³/mol. The van der Waals surface area contributed by atoms with Gasteiger partial charge in [-0.3, -0.25) is 19.7 Å². The van der Waals surface area contributed by atoms with Crippen molar-refractivity contribution < 1.29 is 19.6 Å². The van der Waals surface area contributed by atoms with Gasteiger partial charge in [0.05, 0.1) is 15.9 Å². The minimum absolute atomic E-state index is 0.0416. The molecule has 2 rings (SSSR count). The van der Waals surface area contributed by atoms with Crippen LogP contribution in [0.15, 0.2) is 18.2 Å². The predicted octanol–water partition coefficient (Wildman–Crippen LogP) is 2.18. The van der Waals surface area contributed by atoms with E-state index in [9.17, 15) is 24.8 Å². The number of nitro groups is 1. The summed E-state index contributed by atoms with van der Waals surface area (Å²) in [6, 6.07) is 4.01. The highest BCUT2D eigenvalue weighted by atomic mass is 127. The number of carboxylic acid groups (broad SMARTS) is 1. The fourth-order valence-electron chi connectivity index (χ4n) is 2.22. The molecule has 1 aliphatic rings. The minimum atomic E-state index is -0.914. The van der Waals surface area contributed by atoms with E-state index in [-0.39, 0.29) is 17.8 Å². The standard InChI is InChI=1S/C13H13IN2O5/c14-10-3-2-8(16(20)21)6-9(10)11(17)15-7-13(12(18)19)4-1-5-13/h2-3,6H,1,4-5,7H2,(H,15,17)(H,18,19). The van der Waals surface area contributed by atoms with E-state index < -0.39 is 22.2 Å². The number of rotatable bonds is 5. The molecule has 1 saturated carbocycles. The lowest BCUT2D eigenvalue weighted by atomic mass is 9.69. The van der Waals surface area contributed by atoms with Crippen LogP contribution in [0.5, 0.6) is 0 Å². The number of nitrogens with one attached hydrogen (secondary N) is 1. The van der Waals surface area contributed by atoms with Crippen molar-refractivity contribution in [2.45, 2.75) is 19.3 Å². The number of non-ortho nitro benzene ring substituents is 1. The van der Waals surface area contributed by atoms with Crippen LogP contribution in [0.4, 0.5) is 5.69 Å². The van der Waals surface area contributed by atoms with Crippen LogP contribution in [-0.2, 0) is 4.79 Å². The van der Waals surface area contributed by atoms with Gasteiger partial charge in [0.15, 0.2) is 0 Å². The van der Waals surface area contributed by atoms with Crippen molar-refractivity contribution in [1.82, 2.24) is 5.32 Å². The largest absolute Gasteiger partial charge is 0.481 e. The Hall–Kier alpha value is -1.71. The molecular weight excluding hydrogens is 391 g/mol. The molecule has 2 N–H and O–H groups in total. The highest BCUT2D eigenvalue weighted by molar-refractivity contribution is 14.1. The van der Waals surface area contributed by atoms with Crippen molar-refractivity contribution in [1.29, 1.82) is 0 Å². The number of amides is 1. The molecule has 0 aliphatic heterocycles. The number of hydrogen-bond donors (Lipinski definition) is 2. The fraction of sp³-hybridized carbons (Fsp3) is 0.385. The summed E-state index contributed by atoms with van der Waals surface area (Å²) in [6.07, 6.45) is 1.90. The molecule has 1 aliphatic carbocycles. The van der Waals surface area contributed by atoms with E-state index in [0.717, 1.165) is 6.42 Å². The van der Waals surface area contributed by atoms with Crippen LogP contribution in [0.2, 0.25) is 0 Å². The van der Waals surface area contributed by atoms with Gasteiger partial charge in [-0.25, -0.2) is 0 Å². The van der Waals surface area contributed by atoms with Crippen molar-refractivity contribution >= 4 is 40.2 Å². The van der Waals surface area contributed by atoms with Crippen molar-refractivity contribution in [3.63, 3.8) is 0 Å². The molecule has 0 saturated heterocycles. The molecule has 1 aromatic rings. The van der Waals surface area contributed by atoms with Gasteiger partial charge in [-0.05, 0) is 41.5 Å². The highest BCUT2D eigenvalue weighted by Gasteiger charge is 2.44. The molecule has 0 radical (unpaired) electrons. The number of aliphatic carboxylic acids is 1. The Morgan fingerprint density at radius 1 is 1.43 bits per heavy atom. The summed E-state index contributed by atoms with van der Waals surface area (Å²) in [5.41, 5.74) is -0.872. The summed E-state index contributed by atoms with van der Waals surface area (Å²) >= 11 is 1.91. The molecule has 21 heavy (non-hydrogen) atoms. The second-order valence-corrected chi connectivity index (χ2v) is 6.21. The molecule has 0 unspecified atom stereocenters. The Kier molecular flexibility index (Phi) is 4.45. The summed E-state index contributed by atoms with van der Waals surface area (Å²) in [4.78, 5) is 33.5. The van der Waals surface area contributed by atoms with Gasteiger partial charge in [-0.2, -0.15) is 0 Å². The van der Waals surface area contributed by atoms with Crippen LogP contribution in [0.25, 0.3) is 0 Å². The number of carbonyl (C=O) groups excluding carboxylic acids is 1. The van der Waals surface area contributed by atoms with Crippen LogP contribution >= 0.6 is 22.6 Å². The second-order valence-electron chi connectivity index (χ2n) is 5.04. The van der Waals surface area contributed by atoms with Crippen LogP contribution < -0.4 is 5.32 Å². The number of carboxylic acids is 1. The molecule has 7 nitrogen and oxygen atoms in total. The first-order valence-corrected chi connectivity index (χ1v) is 7.39. The average molecular weight is 404 g/mol. The van der Waals surface area contributed by atoms with Gasteiger partial charge in [-0.1, -0.05) is 6.42 Å². The summed E-state index contributed by atoms with van der Waals surface area (Å²) < 4.78 is 0.577. The zero-order valence-electron chi connectivity index (χ0n) is 11.0. The number of benzene rings is 1. The molecule has 8 heteroatoms. The smallest absolute Gasteiger partial charge is 0.311 e. The van der Waals surface area contributed by atoms with Gasteiger partial charge in [0.2, 0.25) is 0 Å². The second kappa shape index (κ2) is 5.96. The molecule has 1 amide bonds. The third-order valence-corrected chi connectivity index (χ3v) is 4.70. The van der Waals surface area contributed by atoms with E-state index in [0.29, 0.717) is 16.4 Å². The number of carbonyl (C=O) groups is 2. The Labute approximate surface area is 134 Å². The van der Waals surface area contributed by atoms with Gasteiger partial charge in [-0.15, -0.1) is 0 Å². The zero-order valence-corrected chi connectivity index (χ0v) is 13.1. The van der Waals surface area contributed by atoms with Crippen molar-refractivity contribution in [3.8, 4) is 0 Å². The van der Waals surface area contributed by atoms with Gasteiger partial charge >= 0.3 is 5.97 Å². The molecule has 0 heterocycles. The molecular formula is C13H13IN2O5. The summed E-state index contributed by atoms with van der Waals surface area (Å²) in [6.45, 7) is 0.0416. The SMILES string of the molecule is O=C(NCC1(C(=O)O)CCC1)c1cc([N+](=O)[O-])ccc1I. The number of nitrogens with zero attached hydrogens (tertiary/aromatic N) is 1. The molecule has 1 fully saturated rings. The lowest BCUT2D eigenvalue weighted by Gasteiger charge is -2.37. The fourth-order valence-corrected chi connectivity index (χ4v) is 2.80. The number of nitro benzene ring substituents is 1. The van der Waals surface area contributed by atoms with Crippen molar-refractivity contribution in [2.24, 2.45) is 5.41 Å². The van der Waals surface area contributed by atoms with E-state index in [2.05, 4.69) is 5.32 Å². The number of halogens is 1. The van der Waals surface area contributed by atoms with Crippen molar-refractivity contribution in [3.05, 3.63) is 37.4 Å². The molecule has 0 aromatic heterocycles. The normalized spacial score (nSPS) is 15.9. The van der Waals surface area contributed by atoms with Crippen LogP contribution in [-0.4, -0.2) is 28.5 Å². The third-order valence-electron chi connectivity index (χ3n) is 3.76. The monoisotopic (exact) mass is 404 g/mol. The summed E-state index contributed by atoms with van der Waals surface area (Å²) in [5.74, 6) is -1.40. The highest BCUT2D eigenvalue weighted by Crippen LogP contribution is 2.40. The zero-order chi connectivity index (χ0) is 15.6. The van der Waals surface area contributed by atoms with Gasteiger partial charge in [0.25, 0.3) is 11.6 Å². The lowest BCUT2D eigenvalue weighted by molar-refractivity contribution is -0.384. The minimum Gasteiger partial charge on any atom is -0.481 e. The quantitative estimate of drug-likeness (QED) is 0.444. The summed E-state index contributed by atoms with van der Waals surface area (Å²) in [7, 11) is 0. The third kappa shape index (κ3) is 3.14. The molecule has 0 spiro atoms. The first-order chi connectivity index (χ1) is 9.85. The first-order valence-electron chi connectivity index (χ1n) is 6.31. The Bertz CT molecular complexity index is 613. The number of hydrogen-bond acceptors (Lipinski definition) is 4. The van der Waals surface area contributed by atoms with E-state index >= 15 is 0 Å². The van der Waals surface area contributed by atoms with E-state index in [1.165, 1.54) is 18.2 Å².